The zero-order chi connectivity index (χ0) is 18.8. The Morgan fingerprint density at radius 2 is 1.85 bits per heavy atom. The summed E-state index contributed by atoms with van der Waals surface area (Å²) in [6, 6.07) is 11.0. The molecule has 7 heteroatoms. The van der Waals surface area contributed by atoms with Gasteiger partial charge in [0, 0.05) is 30.7 Å². The quantitative estimate of drug-likeness (QED) is 0.758. The van der Waals surface area contributed by atoms with E-state index in [1.54, 1.807) is 0 Å². The van der Waals surface area contributed by atoms with E-state index in [-0.39, 0.29) is 11.3 Å². The fourth-order valence-corrected chi connectivity index (χ4v) is 3.10. The number of fused-ring (bicyclic) bond motifs is 1. The lowest BCUT2D eigenvalue weighted by Crippen LogP contribution is -2.26. The standard InChI is InChI=1S/C20H16F2N4O/c21-15-7-8-17(16(22)10-15)25-19(27)14-11-23-20(24-12-14)26-9-3-5-13-4-1-2-6-18(13)26/h1-2,4,6-8,10-12H,3,5,9H2,(H,25,27). The lowest BCUT2D eigenvalue weighted by atomic mass is 10.0. The second-order valence-electron chi connectivity index (χ2n) is 6.23. The molecule has 2 aromatic carbocycles. The minimum absolute atomic E-state index is 0.101. The zero-order valence-electron chi connectivity index (χ0n) is 14.3. The number of aromatic nitrogens is 2. The van der Waals surface area contributed by atoms with Gasteiger partial charge in [0.05, 0.1) is 11.3 Å². The average molecular weight is 366 g/mol. The summed E-state index contributed by atoms with van der Waals surface area (Å²) in [6.07, 6.45) is 4.80. The number of para-hydroxylation sites is 1. The van der Waals surface area contributed by atoms with Crippen LogP contribution in [0.2, 0.25) is 0 Å². The SMILES string of the molecule is O=C(Nc1ccc(F)cc1F)c1cnc(N2CCCc3ccccc32)nc1. The molecular formula is C20H16F2N4O. The highest BCUT2D eigenvalue weighted by atomic mass is 19.1. The number of nitrogens with zero attached hydrogens (tertiary/aromatic N) is 3. The van der Waals surface area contributed by atoms with Crippen molar-refractivity contribution >= 4 is 23.2 Å². The van der Waals surface area contributed by atoms with Gasteiger partial charge in [-0.3, -0.25) is 4.79 Å². The van der Waals surface area contributed by atoms with Gasteiger partial charge in [0.1, 0.15) is 11.6 Å². The summed E-state index contributed by atoms with van der Waals surface area (Å²) in [4.78, 5) is 22.9. The highest BCUT2D eigenvalue weighted by Gasteiger charge is 2.20. The molecular weight excluding hydrogens is 350 g/mol. The second kappa shape index (κ2) is 7.11. The Morgan fingerprint density at radius 1 is 1.07 bits per heavy atom. The van der Waals surface area contributed by atoms with E-state index in [0.717, 1.165) is 31.1 Å². The molecule has 1 aliphatic rings. The van der Waals surface area contributed by atoms with Crippen LogP contribution in [-0.2, 0) is 6.42 Å². The number of amides is 1. The van der Waals surface area contributed by atoms with Gasteiger partial charge in [-0.15, -0.1) is 0 Å². The Labute approximate surface area is 154 Å². The molecule has 0 bridgehead atoms. The highest BCUT2D eigenvalue weighted by molar-refractivity contribution is 6.04. The minimum Gasteiger partial charge on any atom is -0.319 e. The van der Waals surface area contributed by atoms with Crippen LogP contribution in [0, 0.1) is 11.6 Å². The van der Waals surface area contributed by atoms with Crippen LogP contribution in [-0.4, -0.2) is 22.4 Å². The molecule has 27 heavy (non-hydrogen) atoms. The Kier molecular flexibility index (Phi) is 4.50. The molecule has 1 amide bonds. The molecule has 0 saturated carbocycles. The van der Waals surface area contributed by atoms with Crippen molar-refractivity contribution in [1.29, 1.82) is 0 Å². The van der Waals surface area contributed by atoms with Gasteiger partial charge in [-0.25, -0.2) is 18.7 Å². The normalized spacial score (nSPS) is 13.2. The van der Waals surface area contributed by atoms with Crippen LogP contribution in [0.25, 0.3) is 0 Å². The summed E-state index contributed by atoms with van der Waals surface area (Å²) < 4.78 is 26.6. The number of hydrogen-bond acceptors (Lipinski definition) is 4. The van der Waals surface area contributed by atoms with Crippen LogP contribution >= 0.6 is 0 Å². The molecule has 136 valence electrons. The molecule has 5 nitrogen and oxygen atoms in total. The van der Waals surface area contributed by atoms with Crippen molar-refractivity contribution in [3.63, 3.8) is 0 Å². The van der Waals surface area contributed by atoms with Crippen molar-refractivity contribution in [2.75, 3.05) is 16.8 Å². The summed E-state index contributed by atoms with van der Waals surface area (Å²) in [5, 5.41) is 2.39. The van der Waals surface area contributed by atoms with E-state index in [0.29, 0.717) is 12.0 Å². The maximum atomic E-state index is 13.7. The molecule has 0 spiro atoms. The van der Waals surface area contributed by atoms with E-state index in [2.05, 4.69) is 21.4 Å². The monoisotopic (exact) mass is 366 g/mol. The topological polar surface area (TPSA) is 58.1 Å². The molecule has 3 aromatic rings. The van der Waals surface area contributed by atoms with Crippen LogP contribution in [0.5, 0.6) is 0 Å². The van der Waals surface area contributed by atoms with Crippen molar-refractivity contribution in [3.05, 3.63) is 77.6 Å². The first-order valence-electron chi connectivity index (χ1n) is 8.56. The summed E-state index contributed by atoms with van der Waals surface area (Å²) >= 11 is 0. The first-order chi connectivity index (χ1) is 13.1. The number of nitrogens with one attached hydrogen (secondary N) is 1. The third-order valence-electron chi connectivity index (χ3n) is 4.43. The second-order valence-corrected chi connectivity index (χ2v) is 6.23. The number of benzene rings is 2. The molecule has 0 saturated heterocycles. The van der Waals surface area contributed by atoms with Crippen LogP contribution in [0.1, 0.15) is 22.3 Å². The van der Waals surface area contributed by atoms with Gasteiger partial charge >= 0.3 is 0 Å². The zero-order valence-corrected chi connectivity index (χ0v) is 14.3. The van der Waals surface area contributed by atoms with E-state index >= 15 is 0 Å². The number of hydrogen-bond donors (Lipinski definition) is 1. The van der Waals surface area contributed by atoms with Crippen molar-refractivity contribution in [3.8, 4) is 0 Å². The molecule has 1 aromatic heterocycles. The number of carbonyl (C=O) groups is 1. The van der Waals surface area contributed by atoms with E-state index in [9.17, 15) is 13.6 Å². The van der Waals surface area contributed by atoms with Gasteiger partial charge in [-0.1, -0.05) is 18.2 Å². The molecule has 4 rings (SSSR count). The smallest absolute Gasteiger partial charge is 0.258 e. The van der Waals surface area contributed by atoms with Crippen molar-refractivity contribution in [2.24, 2.45) is 0 Å². The number of halogens is 2. The summed E-state index contributed by atoms with van der Waals surface area (Å²) in [5.74, 6) is -1.61. The Balaban J connectivity index is 1.53. The maximum absolute atomic E-state index is 13.7. The van der Waals surface area contributed by atoms with E-state index in [1.807, 2.05) is 23.1 Å². The van der Waals surface area contributed by atoms with Gasteiger partial charge in [0.25, 0.3) is 5.91 Å². The molecule has 0 aliphatic carbocycles. The molecule has 1 aliphatic heterocycles. The first-order valence-corrected chi connectivity index (χ1v) is 8.56. The van der Waals surface area contributed by atoms with Crippen molar-refractivity contribution in [1.82, 2.24) is 9.97 Å². The summed E-state index contributed by atoms with van der Waals surface area (Å²) in [5.41, 5.74) is 2.39. The molecule has 1 N–H and O–H groups in total. The number of rotatable bonds is 3. The van der Waals surface area contributed by atoms with Gasteiger partial charge in [0.2, 0.25) is 5.95 Å². The fraction of sp³-hybridized carbons (Fsp3) is 0.150. The predicted molar refractivity (Wildman–Crippen MR) is 98.1 cm³/mol. The van der Waals surface area contributed by atoms with Crippen LogP contribution in [0.4, 0.5) is 26.1 Å². The Hall–Kier alpha value is -3.35. The largest absolute Gasteiger partial charge is 0.319 e. The van der Waals surface area contributed by atoms with Crippen LogP contribution in [0.3, 0.4) is 0 Å². The summed E-state index contributed by atoms with van der Waals surface area (Å²) in [6.45, 7) is 0.795. The Bertz CT molecular complexity index is 992. The molecule has 0 fully saturated rings. The maximum Gasteiger partial charge on any atom is 0.258 e. The average Bonchev–Trinajstić information content (AvgIpc) is 2.70. The highest BCUT2D eigenvalue weighted by Crippen LogP contribution is 2.31. The van der Waals surface area contributed by atoms with Gasteiger partial charge < -0.3 is 10.2 Å². The lowest BCUT2D eigenvalue weighted by Gasteiger charge is -2.29. The molecule has 2 heterocycles. The van der Waals surface area contributed by atoms with E-state index < -0.39 is 17.5 Å². The van der Waals surface area contributed by atoms with E-state index in [4.69, 9.17) is 0 Å². The van der Waals surface area contributed by atoms with Crippen molar-refractivity contribution in [2.45, 2.75) is 12.8 Å². The number of aryl methyl sites for hydroxylation is 1. The third kappa shape index (κ3) is 3.48. The molecule has 0 unspecified atom stereocenters. The van der Waals surface area contributed by atoms with Crippen LogP contribution in [0.15, 0.2) is 54.9 Å². The first kappa shape index (κ1) is 17.1. The number of anilines is 3. The Morgan fingerprint density at radius 3 is 2.63 bits per heavy atom. The lowest BCUT2D eigenvalue weighted by molar-refractivity contribution is 0.102. The minimum atomic E-state index is -0.842. The third-order valence-corrected chi connectivity index (χ3v) is 4.43. The number of carbonyl (C=O) groups excluding carboxylic acids is 1. The van der Waals surface area contributed by atoms with Gasteiger partial charge in [0.15, 0.2) is 0 Å². The van der Waals surface area contributed by atoms with Gasteiger partial charge in [-0.05, 0) is 36.6 Å². The molecule has 0 atom stereocenters. The fourth-order valence-electron chi connectivity index (χ4n) is 3.10. The van der Waals surface area contributed by atoms with Gasteiger partial charge in [-0.2, -0.15) is 0 Å². The molecule has 0 radical (unpaired) electrons. The van der Waals surface area contributed by atoms with Crippen molar-refractivity contribution < 1.29 is 13.6 Å². The summed E-state index contributed by atoms with van der Waals surface area (Å²) in [7, 11) is 0. The van der Waals surface area contributed by atoms with Crippen LogP contribution < -0.4 is 10.2 Å². The van der Waals surface area contributed by atoms with E-state index in [1.165, 1.54) is 24.0 Å². The predicted octanol–water partition coefficient (Wildman–Crippen LogP) is 4.09.